The molecule has 2 N–H and O–H groups in total. The second-order valence-corrected chi connectivity index (χ2v) is 10.1. The van der Waals surface area contributed by atoms with Crippen molar-refractivity contribution in [1.29, 1.82) is 0 Å². The molecule has 2 aromatic carbocycles. The van der Waals surface area contributed by atoms with Crippen LogP contribution in [0.3, 0.4) is 0 Å². The monoisotopic (exact) mass is 520 g/mol. The number of aromatic nitrogens is 3. The number of hydrogen-bond acceptors (Lipinski definition) is 5. The van der Waals surface area contributed by atoms with Crippen molar-refractivity contribution in [2.24, 2.45) is 0 Å². The van der Waals surface area contributed by atoms with Crippen LogP contribution in [0.25, 0.3) is 22.2 Å². The van der Waals surface area contributed by atoms with Gasteiger partial charge in [-0.2, -0.15) is 0 Å². The van der Waals surface area contributed by atoms with Crippen molar-refractivity contribution in [1.82, 2.24) is 19.4 Å². The van der Waals surface area contributed by atoms with Crippen LogP contribution in [0.4, 0.5) is 24.7 Å². The molecule has 0 aliphatic carbocycles. The van der Waals surface area contributed by atoms with Crippen LogP contribution in [0.15, 0.2) is 48.9 Å². The predicted molar refractivity (Wildman–Crippen MR) is 139 cm³/mol. The topological polar surface area (TPSA) is 80.3 Å². The molecular formula is C28H27F3N6O. The number of amides is 1. The van der Waals surface area contributed by atoms with E-state index >= 15 is 4.39 Å². The lowest BCUT2D eigenvalue weighted by Gasteiger charge is -2.30. The number of nitrogen functional groups attached to an aromatic ring is 1. The van der Waals surface area contributed by atoms with Crippen molar-refractivity contribution < 1.29 is 18.0 Å². The fraction of sp³-hybridized carbons (Fsp3) is 0.321. The normalized spacial score (nSPS) is 19.1. The summed E-state index contributed by atoms with van der Waals surface area (Å²) in [5, 5.41) is 0.600. The summed E-state index contributed by atoms with van der Waals surface area (Å²) in [4.78, 5) is 25.5. The molecule has 2 saturated heterocycles. The fourth-order valence-corrected chi connectivity index (χ4v) is 5.78. The van der Waals surface area contributed by atoms with Gasteiger partial charge >= 0.3 is 0 Å². The first-order valence-corrected chi connectivity index (χ1v) is 12.7. The second-order valence-electron chi connectivity index (χ2n) is 10.1. The van der Waals surface area contributed by atoms with Crippen LogP contribution in [0.1, 0.15) is 36.8 Å². The number of piperidine rings is 1. The zero-order valence-electron chi connectivity index (χ0n) is 20.9. The van der Waals surface area contributed by atoms with Gasteiger partial charge in [0.1, 0.15) is 35.2 Å². The van der Waals surface area contributed by atoms with Crippen molar-refractivity contribution in [3.63, 3.8) is 0 Å². The van der Waals surface area contributed by atoms with Crippen molar-refractivity contribution >= 4 is 28.4 Å². The van der Waals surface area contributed by atoms with Crippen LogP contribution >= 0.6 is 0 Å². The molecule has 0 radical (unpaired) electrons. The zero-order valence-corrected chi connectivity index (χ0v) is 20.9. The highest BCUT2D eigenvalue weighted by Crippen LogP contribution is 2.39. The summed E-state index contributed by atoms with van der Waals surface area (Å²) in [6.45, 7) is 2.23. The number of rotatable bonds is 4. The summed E-state index contributed by atoms with van der Waals surface area (Å²) in [7, 11) is 2.09. The summed E-state index contributed by atoms with van der Waals surface area (Å²) in [5.74, 6) is -2.71. The van der Waals surface area contributed by atoms with E-state index in [4.69, 9.17) is 5.73 Å². The Bertz CT molecular complexity index is 1530. The van der Waals surface area contributed by atoms with Crippen LogP contribution < -0.4 is 10.6 Å². The Kier molecular flexibility index (Phi) is 6.06. The van der Waals surface area contributed by atoms with Gasteiger partial charge < -0.3 is 20.1 Å². The quantitative estimate of drug-likeness (QED) is 0.415. The number of benzene rings is 2. The fourth-order valence-electron chi connectivity index (χ4n) is 5.78. The van der Waals surface area contributed by atoms with E-state index in [9.17, 15) is 13.6 Å². The van der Waals surface area contributed by atoms with E-state index in [1.54, 1.807) is 12.1 Å². The van der Waals surface area contributed by atoms with Crippen LogP contribution in [-0.4, -0.2) is 52.0 Å². The van der Waals surface area contributed by atoms with Crippen LogP contribution in [0.5, 0.6) is 0 Å². The van der Waals surface area contributed by atoms with Crippen LogP contribution in [0.2, 0.25) is 0 Å². The number of likely N-dealkylation sites (tertiary alicyclic amines) is 1. The molecule has 1 atom stereocenters. The maximum atomic E-state index is 15.7. The third kappa shape index (κ3) is 4.18. The molecule has 2 aliphatic rings. The Hall–Kier alpha value is -3.92. The molecule has 7 nitrogen and oxygen atoms in total. The lowest BCUT2D eigenvalue weighted by atomic mass is 9.97. The zero-order chi connectivity index (χ0) is 26.6. The number of hydrogen-bond donors (Lipinski definition) is 1. The second kappa shape index (κ2) is 9.43. The van der Waals surface area contributed by atoms with Crippen molar-refractivity contribution in [3.8, 4) is 11.1 Å². The maximum Gasteiger partial charge on any atom is 0.234 e. The van der Waals surface area contributed by atoms with E-state index in [0.29, 0.717) is 40.8 Å². The highest BCUT2D eigenvalue weighted by molar-refractivity contribution is 6.02. The van der Waals surface area contributed by atoms with Gasteiger partial charge in [-0.3, -0.25) is 4.79 Å². The van der Waals surface area contributed by atoms with E-state index in [-0.39, 0.29) is 23.3 Å². The molecule has 4 heterocycles. The molecule has 196 valence electrons. The standard InChI is InChI=1S/C28H27F3N6O/c1-35-7-4-19(5-8-35)37-14-23(25-26(32)33-15-34-27(25)37)22-3-2-20(13-24(22)31)36-9-6-21(28(36)38)16-10-17(29)12-18(30)11-16/h2-3,10-15,19,21H,4-9H2,1H3,(H2,32,33,34). The van der Waals surface area contributed by atoms with E-state index < -0.39 is 23.4 Å². The van der Waals surface area contributed by atoms with Gasteiger partial charge in [0, 0.05) is 41.7 Å². The molecule has 4 aromatic rings. The molecule has 0 saturated carbocycles. The number of carbonyl (C=O) groups is 1. The SMILES string of the molecule is CN1CCC(n2cc(-c3ccc(N4CCC(c5cc(F)cc(F)c5)C4=O)cc3F)c3c(N)ncnc32)CC1. The Morgan fingerprint density at radius 3 is 2.37 bits per heavy atom. The predicted octanol–water partition coefficient (Wildman–Crippen LogP) is 4.89. The molecule has 1 amide bonds. The minimum absolute atomic E-state index is 0.214. The van der Waals surface area contributed by atoms with Crippen molar-refractivity contribution in [2.45, 2.75) is 31.2 Å². The number of nitrogens with two attached hydrogens (primary N) is 1. The first-order chi connectivity index (χ1) is 18.3. The first kappa shape index (κ1) is 24.4. The molecule has 10 heteroatoms. The maximum absolute atomic E-state index is 15.7. The van der Waals surface area contributed by atoms with Crippen LogP contribution in [0, 0.1) is 17.5 Å². The van der Waals surface area contributed by atoms with E-state index in [2.05, 4.69) is 26.5 Å². The highest BCUT2D eigenvalue weighted by Gasteiger charge is 2.35. The third-order valence-electron chi connectivity index (χ3n) is 7.77. The smallest absolute Gasteiger partial charge is 0.234 e. The molecule has 0 bridgehead atoms. The number of carbonyl (C=O) groups excluding carboxylic acids is 1. The summed E-state index contributed by atoms with van der Waals surface area (Å²) in [6.07, 6.45) is 5.59. The molecule has 38 heavy (non-hydrogen) atoms. The minimum atomic E-state index is -0.732. The minimum Gasteiger partial charge on any atom is -0.383 e. The van der Waals surface area contributed by atoms with Gasteiger partial charge in [0.15, 0.2) is 0 Å². The number of anilines is 2. The average Bonchev–Trinajstić information content (AvgIpc) is 3.46. The summed E-state index contributed by atoms with van der Waals surface area (Å²) < 4.78 is 45.2. The number of halogens is 3. The van der Waals surface area contributed by atoms with Gasteiger partial charge in [0.05, 0.1) is 11.3 Å². The van der Waals surface area contributed by atoms with E-state index in [1.807, 2.05) is 6.20 Å². The summed E-state index contributed by atoms with van der Waals surface area (Å²) >= 11 is 0. The molecule has 2 aromatic heterocycles. The molecule has 2 aliphatic heterocycles. The van der Waals surface area contributed by atoms with Gasteiger partial charge in [-0.1, -0.05) is 0 Å². The molecule has 1 unspecified atom stereocenters. The highest BCUT2D eigenvalue weighted by atomic mass is 19.1. The number of fused-ring (bicyclic) bond motifs is 1. The van der Waals surface area contributed by atoms with Gasteiger partial charge in [0.2, 0.25) is 5.91 Å². The lowest BCUT2D eigenvalue weighted by Crippen LogP contribution is -2.31. The van der Waals surface area contributed by atoms with Gasteiger partial charge in [-0.15, -0.1) is 0 Å². The van der Waals surface area contributed by atoms with Gasteiger partial charge in [0.25, 0.3) is 0 Å². The van der Waals surface area contributed by atoms with E-state index in [1.165, 1.54) is 29.4 Å². The largest absolute Gasteiger partial charge is 0.383 e. The van der Waals surface area contributed by atoms with Gasteiger partial charge in [-0.05, 0) is 75.3 Å². The molecular weight excluding hydrogens is 493 g/mol. The van der Waals surface area contributed by atoms with Crippen molar-refractivity contribution in [3.05, 3.63) is 71.9 Å². The third-order valence-corrected chi connectivity index (χ3v) is 7.77. The lowest BCUT2D eigenvalue weighted by molar-refractivity contribution is -0.118. The molecule has 2 fully saturated rings. The molecule has 6 rings (SSSR count). The van der Waals surface area contributed by atoms with Crippen LogP contribution in [-0.2, 0) is 4.79 Å². The Balaban J connectivity index is 1.34. The first-order valence-electron chi connectivity index (χ1n) is 12.7. The number of nitrogens with zero attached hydrogens (tertiary/aromatic N) is 5. The Morgan fingerprint density at radius 2 is 1.66 bits per heavy atom. The van der Waals surface area contributed by atoms with E-state index in [0.717, 1.165) is 32.0 Å². The summed E-state index contributed by atoms with van der Waals surface area (Å²) in [6, 6.07) is 7.97. The van der Waals surface area contributed by atoms with Crippen molar-refractivity contribution in [2.75, 3.05) is 37.3 Å². The average molecular weight is 521 g/mol. The molecule has 0 spiro atoms. The van der Waals surface area contributed by atoms with Gasteiger partial charge in [-0.25, -0.2) is 23.1 Å². The Labute approximate surface area is 217 Å². The summed E-state index contributed by atoms with van der Waals surface area (Å²) in [5.41, 5.74) is 8.52. The Morgan fingerprint density at radius 1 is 0.921 bits per heavy atom.